The second-order valence-electron chi connectivity index (χ2n) is 10.8. The fourth-order valence-electron chi connectivity index (χ4n) is 5.71. The number of carbonyl (C=O) groups is 5. The largest absolute Gasteiger partial charge is 0.483 e. The number of anilines is 2. The molecule has 2 N–H and O–H groups in total. The number of nitrogens with one attached hydrogen (secondary N) is 2. The highest BCUT2D eigenvalue weighted by atomic mass is 79.9. The van der Waals surface area contributed by atoms with Crippen molar-refractivity contribution in [3.63, 3.8) is 0 Å². The van der Waals surface area contributed by atoms with E-state index >= 15 is 0 Å². The van der Waals surface area contributed by atoms with Crippen LogP contribution in [0.5, 0.6) is 5.75 Å². The van der Waals surface area contributed by atoms with Crippen LogP contribution in [0.1, 0.15) is 50.9 Å². The van der Waals surface area contributed by atoms with Gasteiger partial charge in [-0.25, -0.2) is 14.5 Å². The number of amides is 3. The highest BCUT2D eigenvalue weighted by molar-refractivity contribution is 9.10. The number of thioether (sulfide) groups is 1. The molecule has 2 aliphatic heterocycles. The number of aromatic nitrogens is 1. The van der Waals surface area contributed by atoms with Crippen LogP contribution in [0, 0.1) is 5.92 Å². The van der Waals surface area contributed by atoms with Crippen molar-refractivity contribution in [1.29, 1.82) is 0 Å². The number of hydrogen-bond donors (Lipinski definition) is 2. The lowest BCUT2D eigenvalue weighted by Gasteiger charge is -2.31. The van der Waals surface area contributed by atoms with Gasteiger partial charge >= 0.3 is 16.8 Å². The highest BCUT2D eigenvalue weighted by Crippen LogP contribution is 2.54. The van der Waals surface area contributed by atoms with Crippen LogP contribution in [0.3, 0.4) is 0 Å². The number of imide groups is 1. The zero-order valence-corrected chi connectivity index (χ0v) is 29.2. The topological polar surface area (TPSA) is 161 Å². The zero-order chi connectivity index (χ0) is 34.8. The van der Waals surface area contributed by atoms with Crippen molar-refractivity contribution in [3.05, 3.63) is 102 Å². The van der Waals surface area contributed by atoms with Crippen molar-refractivity contribution in [3.8, 4) is 5.75 Å². The van der Waals surface area contributed by atoms with Crippen LogP contribution in [0.2, 0.25) is 0 Å². The van der Waals surface area contributed by atoms with Gasteiger partial charge in [0, 0.05) is 26.5 Å². The SMILES string of the molecule is CCOC(=O)c1ccc(NC(=O)COc2ccc(Br)cc2C2c3sc(=O)[nH]c3SC3C(=O)N(c4ccc(C(=O)OCC)cc4)C(=O)C32)cc1. The van der Waals surface area contributed by atoms with E-state index in [0.29, 0.717) is 36.9 Å². The van der Waals surface area contributed by atoms with E-state index in [1.807, 2.05) is 0 Å². The Morgan fingerprint density at radius 3 is 2.14 bits per heavy atom. The monoisotopic (exact) mass is 765 g/mol. The first-order chi connectivity index (χ1) is 23.6. The first kappa shape index (κ1) is 34.1. The molecule has 0 bridgehead atoms. The maximum Gasteiger partial charge on any atom is 0.338 e. The average molecular weight is 767 g/mol. The van der Waals surface area contributed by atoms with E-state index in [4.69, 9.17) is 14.2 Å². The predicted octanol–water partition coefficient (Wildman–Crippen LogP) is 5.37. The maximum absolute atomic E-state index is 14.2. The third-order valence-electron chi connectivity index (χ3n) is 7.81. The van der Waals surface area contributed by atoms with Gasteiger partial charge in [-0.3, -0.25) is 19.2 Å². The Kier molecular flexibility index (Phi) is 10.0. The van der Waals surface area contributed by atoms with E-state index in [1.54, 1.807) is 44.2 Å². The van der Waals surface area contributed by atoms with Gasteiger partial charge < -0.3 is 24.5 Å². The van der Waals surface area contributed by atoms with E-state index in [9.17, 15) is 28.8 Å². The van der Waals surface area contributed by atoms with E-state index in [-0.39, 0.29) is 29.4 Å². The summed E-state index contributed by atoms with van der Waals surface area (Å²) in [6.07, 6.45) is 0. The van der Waals surface area contributed by atoms with Crippen LogP contribution in [0.15, 0.2) is 81.0 Å². The number of aromatic amines is 1. The lowest BCUT2D eigenvalue weighted by atomic mass is 9.82. The van der Waals surface area contributed by atoms with Gasteiger partial charge in [0.2, 0.25) is 11.8 Å². The fourth-order valence-corrected chi connectivity index (χ4v) is 8.59. The molecule has 3 atom stereocenters. The number of fused-ring (bicyclic) bond motifs is 2. The molecule has 0 spiro atoms. The number of nitrogens with zero attached hydrogens (tertiary/aromatic N) is 1. The van der Waals surface area contributed by atoms with Gasteiger partial charge in [-0.2, -0.15) is 0 Å². The van der Waals surface area contributed by atoms with Crippen LogP contribution in [-0.4, -0.2) is 59.7 Å². The summed E-state index contributed by atoms with van der Waals surface area (Å²) in [5.41, 5.74) is 1.87. The number of rotatable bonds is 10. The normalized spacial score (nSPS) is 18.0. The Bertz CT molecular complexity index is 2010. The van der Waals surface area contributed by atoms with Crippen LogP contribution >= 0.6 is 39.0 Å². The quantitative estimate of drug-likeness (QED) is 0.159. The molecule has 1 saturated heterocycles. The molecule has 15 heteroatoms. The second-order valence-corrected chi connectivity index (χ2v) is 13.9. The Hall–Kier alpha value is -4.73. The third kappa shape index (κ3) is 6.91. The minimum absolute atomic E-state index is 0.205. The van der Waals surface area contributed by atoms with Crippen molar-refractivity contribution >= 4 is 80.1 Å². The summed E-state index contributed by atoms with van der Waals surface area (Å²) in [4.78, 5) is 81.9. The molecule has 1 aromatic heterocycles. The number of carbonyl (C=O) groups excluding carboxylic acids is 5. The Balaban J connectivity index is 1.27. The number of H-pyrrole nitrogens is 1. The maximum atomic E-state index is 14.2. The lowest BCUT2D eigenvalue weighted by Crippen LogP contribution is -2.32. The predicted molar refractivity (Wildman–Crippen MR) is 185 cm³/mol. The number of hydrogen-bond acceptors (Lipinski definition) is 11. The molecule has 1 fully saturated rings. The number of ether oxygens (including phenoxy) is 3. The lowest BCUT2D eigenvalue weighted by molar-refractivity contribution is -0.122. The summed E-state index contributed by atoms with van der Waals surface area (Å²) in [6.45, 7) is 3.46. The number of esters is 2. The van der Waals surface area contributed by atoms with Gasteiger partial charge in [0.25, 0.3) is 5.91 Å². The summed E-state index contributed by atoms with van der Waals surface area (Å²) < 4.78 is 16.7. The van der Waals surface area contributed by atoms with Crippen molar-refractivity contribution in [2.24, 2.45) is 5.92 Å². The van der Waals surface area contributed by atoms with Gasteiger partial charge in [0.15, 0.2) is 6.61 Å². The van der Waals surface area contributed by atoms with Crippen molar-refractivity contribution in [2.75, 3.05) is 30.0 Å². The van der Waals surface area contributed by atoms with Crippen LogP contribution < -0.4 is 19.8 Å². The summed E-state index contributed by atoms with van der Waals surface area (Å²) in [6, 6.07) is 17.4. The smallest absolute Gasteiger partial charge is 0.338 e. The van der Waals surface area contributed by atoms with Crippen LogP contribution in [0.4, 0.5) is 11.4 Å². The zero-order valence-electron chi connectivity index (χ0n) is 26.0. The van der Waals surface area contributed by atoms with Crippen LogP contribution in [-0.2, 0) is 23.9 Å². The molecule has 3 heterocycles. The number of thiazole rings is 1. The van der Waals surface area contributed by atoms with E-state index in [1.165, 1.54) is 36.4 Å². The van der Waals surface area contributed by atoms with Gasteiger partial charge in [0.1, 0.15) is 11.0 Å². The molecular formula is C34H28BrN3O9S2. The van der Waals surface area contributed by atoms with E-state index < -0.39 is 53.4 Å². The first-order valence-electron chi connectivity index (χ1n) is 15.1. The summed E-state index contributed by atoms with van der Waals surface area (Å²) >= 11 is 5.58. The molecular weight excluding hydrogens is 738 g/mol. The van der Waals surface area contributed by atoms with Gasteiger partial charge in [0.05, 0.1) is 41.0 Å². The fraction of sp³-hybridized carbons (Fsp3) is 0.235. The van der Waals surface area contributed by atoms with E-state index in [0.717, 1.165) is 28.0 Å². The molecule has 4 aromatic rings. The van der Waals surface area contributed by atoms with Crippen LogP contribution in [0.25, 0.3) is 0 Å². The Morgan fingerprint density at radius 2 is 1.51 bits per heavy atom. The van der Waals surface area contributed by atoms with Crippen molar-refractivity contribution in [1.82, 2.24) is 4.98 Å². The van der Waals surface area contributed by atoms with Gasteiger partial charge in [-0.1, -0.05) is 39.0 Å². The van der Waals surface area contributed by atoms with Crippen molar-refractivity contribution in [2.45, 2.75) is 30.0 Å². The standard InChI is InChI=1S/C34H28BrN3O9S2/c1-3-45-32(42)17-5-10-20(11-6-17)36-24(39)16-47-23-14-9-19(35)15-22(23)25-26-28(48-29-27(25)49-34(44)37-29)31(41)38(30(26)40)21-12-7-18(8-13-21)33(43)46-4-2/h5-15,25-26,28H,3-4,16H2,1-2H3,(H,36,39)(H,37,44). The molecule has 12 nitrogen and oxygen atoms in total. The number of halogens is 1. The molecule has 0 radical (unpaired) electrons. The van der Waals surface area contributed by atoms with Crippen molar-refractivity contribution < 1.29 is 38.2 Å². The summed E-state index contributed by atoms with van der Waals surface area (Å²) in [5, 5.41) is 2.34. The molecule has 3 aromatic carbocycles. The second kappa shape index (κ2) is 14.4. The molecule has 49 heavy (non-hydrogen) atoms. The molecule has 252 valence electrons. The average Bonchev–Trinajstić information content (AvgIpc) is 3.58. The van der Waals surface area contributed by atoms with Gasteiger partial charge in [-0.05, 0) is 80.6 Å². The third-order valence-corrected chi connectivity index (χ3v) is 10.7. The summed E-state index contributed by atoms with van der Waals surface area (Å²) in [7, 11) is 0. The summed E-state index contributed by atoms with van der Waals surface area (Å²) in [5.74, 6) is -3.80. The minimum atomic E-state index is -0.912. The molecule has 0 saturated carbocycles. The molecule has 3 amide bonds. The first-order valence-corrected chi connectivity index (χ1v) is 17.6. The molecule has 6 rings (SSSR count). The molecule has 0 aliphatic carbocycles. The highest BCUT2D eigenvalue weighted by Gasteiger charge is 2.57. The Labute approximate surface area is 296 Å². The Morgan fingerprint density at radius 1 is 0.878 bits per heavy atom. The minimum Gasteiger partial charge on any atom is -0.483 e. The van der Waals surface area contributed by atoms with E-state index in [2.05, 4.69) is 26.2 Å². The molecule has 3 unspecified atom stereocenters. The van der Waals surface area contributed by atoms with Gasteiger partial charge in [-0.15, -0.1) is 0 Å². The molecule has 2 aliphatic rings. The number of benzene rings is 3.